The molecule has 3 rings (SSSR count). The minimum absolute atomic E-state index is 0.138. The van der Waals surface area contributed by atoms with Gasteiger partial charge in [-0.1, -0.05) is 34.9 Å². The average molecular weight is 271 g/mol. The molecule has 0 amide bonds. The highest BCUT2D eigenvalue weighted by atomic mass is 35.5. The van der Waals surface area contributed by atoms with Gasteiger partial charge in [0, 0.05) is 15.7 Å². The Kier molecular flexibility index (Phi) is 2.63. The number of nitrogens with zero attached hydrogens (tertiary/aromatic N) is 3. The molecule has 5 nitrogen and oxygen atoms in total. The van der Waals surface area contributed by atoms with Gasteiger partial charge in [-0.25, -0.2) is 0 Å². The van der Waals surface area contributed by atoms with Gasteiger partial charge < -0.3 is 4.98 Å². The van der Waals surface area contributed by atoms with E-state index in [-0.39, 0.29) is 5.43 Å². The summed E-state index contributed by atoms with van der Waals surface area (Å²) >= 11 is 6.09. The molecule has 2 aromatic carbocycles. The number of nitrogens with one attached hydrogen (secondary N) is 1. The van der Waals surface area contributed by atoms with E-state index in [4.69, 9.17) is 17.1 Å². The van der Waals surface area contributed by atoms with Gasteiger partial charge in [0.1, 0.15) is 0 Å². The Hall–Kier alpha value is -2.49. The number of H-pyrrole nitrogens is 1. The highest BCUT2D eigenvalue weighted by Gasteiger charge is 2.09. The van der Waals surface area contributed by atoms with Crippen molar-refractivity contribution in [2.75, 3.05) is 0 Å². The summed E-state index contributed by atoms with van der Waals surface area (Å²) in [6.07, 6.45) is 0. The second kappa shape index (κ2) is 4.31. The van der Waals surface area contributed by atoms with E-state index in [2.05, 4.69) is 15.0 Å². The number of aromatic nitrogens is 1. The number of benzene rings is 2. The molecule has 0 spiro atoms. The van der Waals surface area contributed by atoms with Crippen LogP contribution in [0.2, 0.25) is 5.02 Å². The summed E-state index contributed by atoms with van der Waals surface area (Å²) in [4.78, 5) is 18.2. The molecule has 0 saturated carbocycles. The molecule has 19 heavy (non-hydrogen) atoms. The van der Waals surface area contributed by atoms with Crippen LogP contribution in [0.1, 0.15) is 0 Å². The van der Waals surface area contributed by atoms with Gasteiger partial charge in [-0.05, 0) is 23.7 Å². The number of aromatic amines is 1. The summed E-state index contributed by atoms with van der Waals surface area (Å²) in [5.74, 6) is 0. The maximum atomic E-state index is 12.4. The van der Waals surface area contributed by atoms with Gasteiger partial charge in [0.15, 0.2) is 5.43 Å². The lowest BCUT2D eigenvalue weighted by Gasteiger charge is -2.05. The lowest BCUT2D eigenvalue weighted by Crippen LogP contribution is -2.04. The van der Waals surface area contributed by atoms with E-state index in [1.807, 2.05) is 0 Å². The Morgan fingerprint density at radius 1 is 1.11 bits per heavy atom. The first-order valence-corrected chi connectivity index (χ1v) is 5.88. The summed E-state index contributed by atoms with van der Waals surface area (Å²) in [5, 5.41) is 5.01. The zero-order valence-electron chi connectivity index (χ0n) is 9.59. The number of fused-ring (bicyclic) bond motifs is 2. The SMILES string of the molecule is [N-]=[N+]=Nc1cccc2c(=O)c3cccc(Cl)c3[nH]c12. The van der Waals surface area contributed by atoms with Crippen molar-refractivity contribution >= 4 is 39.1 Å². The molecule has 0 aliphatic rings. The number of pyridine rings is 1. The van der Waals surface area contributed by atoms with Crippen molar-refractivity contribution in [1.29, 1.82) is 0 Å². The van der Waals surface area contributed by atoms with Crippen LogP contribution in [0.4, 0.5) is 5.69 Å². The fourth-order valence-electron chi connectivity index (χ4n) is 2.10. The zero-order chi connectivity index (χ0) is 13.4. The third-order valence-electron chi connectivity index (χ3n) is 2.95. The first-order chi connectivity index (χ1) is 9.22. The third kappa shape index (κ3) is 1.73. The molecular formula is C13H7ClN4O. The zero-order valence-corrected chi connectivity index (χ0v) is 10.3. The molecule has 0 fully saturated rings. The minimum atomic E-state index is -0.138. The third-order valence-corrected chi connectivity index (χ3v) is 3.26. The number of rotatable bonds is 1. The van der Waals surface area contributed by atoms with Crippen LogP contribution in [0.25, 0.3) is 32.2 Å². The molecule has 0 radical (unpaired) electrons. The van der Waals surface area contributed by atoms with Crippen LogP contribution < -0.4 is 5.43 Å². The predicted octanol–water partition coefficient (Wildman–Crippen LogP) is 4.28. The molecule has 1 N–H and O–H groups in total. The largest absolute Gasteiger partial charge is 0.353 e. The fraction of sp³-hybridized carbons (Fsp3) is 0. The van der Waals surface area contributed by atoms with Crippen molar-refractivity contribution < 1.29 is 0 Å². The van der Waals surface area contributed by atoms with Crippen LogP contribution >= 0.6 is 11.6 Å². The molecule has 1 heterocycles. The Morgan fingerprint density at radius 2 is 1.79 bits per heavy atom. The van der Waals surface area contributed by atoms with Crippen LogP contribution in [0, 0.1) is 0 Å². The maximum absolute atomic E-state index is 12.4. The monoisotopic (exact) mass is 270 g/mol. The van der Waals surface area contributed by atoms with Gasteiger partial charge in [-0.15, -0.1) is 0 Å². The molecular weight excluding hydrogens is 264 g/mol. The van der Waals surface area contributed by atoms with Gasteiger partial charge in [0.2, 0.25) is 0 Å². The van der Waals surface area contributed by atoms with Crippen LogP contribution in [0.15, 0.2) is 46.3 Å². The van der Waals surface area contributed by atoms with E-state index in [0.717, 1.165) is 0 Å². The second-order valence-electron chi connectivity index (χ2n) is 4.01. The normalized spacial score (nSPS) is 10.6. The topological polar surface area (TPSA) is 81.6 Å². The average Bonchev–Trinajstić information content (AvgIpc) is 2.42. The van der Waals surface area contributed by atoms with E-state index in [1.165, 1.54) is 0 Å². The Bertz CT molecular complexity index is 910. The van der Waals surface area contributed by atoms with Crippen molar-refractivity contribution in [2.45, 2.75) is 0 Å². The van der Waals surface area contributed by atoms with Gasteiger partial charge in [0.05, 0.1) is 21.7 Å². The maximum Gasteiger partial charge on any atom is 0.197 e. The standard InChI is InChI=1S/C13H7ClN4O/c14-9-5-1-3-7-11(9)16-12-8(13(7)19)4-2-6-10(12)17-18-15/h1-6H,(H,16,19). The number of hydrogen-bond acceptors (Lipinski definition) is 2. The molecule has 3 aromatic rings. The van der Waals surface area contributed by atoms with Crippen molar-refractivity contribution in [1.82, 2.24) is 4.98 Å². The first-order valence-electron chi connectivity index (χ1n) is 5.50. The van der Waals surface area contributed by atoms with Crippen molar-refractivity contribution in [3.05, 3.63) is 62.1 Å². The summed E-state index contributed by atoms with van der Waals surface area (Å²) in [5.41, 5.74) is 9.83. The number of hydrogen-bond donors (Lipinski definition) is 1. The molecule has 1 aromatic heterocycles. The molecule has 92 valence electrons. The molecule has 0 aliphatic heterocycles. The van der Waals surface area contributed by atoms with Crippen LogP contribution in [0.5, 0.6) is 0 Å². The van der Waals surface area contributed by atoms with Crippen molar-refractivity contribution in [3.63, 3.8) is 0 Å². The first kappa shape index (κ1) is 11.6. The minimum Gasteiger partial charge on any atom is -0.353 e. The van der Waals surface area contributed by atoms with E-state index in [1.54, 1.807) is 36.4 Å². The summed E-state index contributed by atoms with van der Waals surface area (Å²) in [7, 11) is 0. The molecule has 0 atom stereocenters. The number of azide groups is 1. The Balaban J connectivity index is 2.62. The predicted molar refractivity (Wildman–Crippen MR) is 75.9 cm³/mol. The summed E-state index contributed by atoms with van der Waals surface area (Å²) < 4.78 is 0. The molecule has 0 saturated heterocycles. The number of halogens is 1. The Morgan fingerprint density at radius 3 is 2.53 bits per heavy atom. The van der Waals surface area contributed by atoms with E-state index < -0.39 is 0 Å². The van der Waals surface area contributed by atoms with Crippen LogP contribution in [-0.2, 0) is 0 Å². The van der Waals surface area contributed by atoms with Gasteiger partial charge in [-0.2, -0.15) is 0 Å². The summed E-state index contributed by atoms with van der Waals surface area (Å²) in [6, 6.07) is 10.1. The molecule has 0 aliphatic carbocycles. The smallest absolute Gasteiger partial charge is 0.197 e. The second-order valence-corrected chi connectivity index (χ2v) is 4.41. The van der Waals surface area contributed by atoms with Crippen LogP contribution in [-0.4, -0.2) is 4.98 Å². The quantitative estimate of drug-likeness (QED) is 0.304. The fourth-order valence-corrected chi connectivity index (χ4v) is 2.32. The summed E-state index contributed by atoms with van der Waals surface area (Å²) in [6.45, 7) is 0. The lowest BCUT2D eigenvalue weighted by molar-refractivity contribution is 1.43. The van der Waals surface area contributed by atoms with Gasteiger partial charge in [-0.3, -0.25) is 4.79 Å². The van der Waals surface area contributed by atoms with Gasteiger partial charge in [0.25, 0.3) is 0 Å². The van der Waals surface area contributed by atoms with E-state index in [9.17, 15) is 4.79 Å². The lowest BCUT2D eigenvalue weighted by atomic mass is 10.1. The van der Waals surface area contributed by atoms with Gasteiger partial charge >= 0.3 is 0 Å². The highest BCUT2D eigenvalue weighted by Crippen LogP contribution is 2.27. The molecule has 6 heteroatoms. The Labute approximate surface area is 112 Å². The van der Waals surface area contributed by atoms with Crippen LogP contribution in [0.3, 0.4) is 0 Å². The van der Waals surface area contributed by atoms with Crippen molar-refractivity contribution in [3.8, 4) is 0 Å². The number of para-hydroxylation sites is 2. The highest BCUT2D eigenvalue weighted by molar-refractivity contribution is 6.35. The van der Waals surface area contributed by atoms with E-state index in [0.29, 0.717) is 32.5 Å². The molecule has 0 bridgehead atoms. The molecule has 0 unspecified atom stereocenters. The van der Waals surface area contributed by atoms with E-state index >= 15 is 0 Å². The van der Waals surface area contributed by atoms with Crippen molar-refractivity contribution in [2.24, 2.45) is 5.11 Å².